The van der Waals surface area contributed by atoms with Crippen LogP contribution in [0.25, 0.3) is 0 Å². The number of rotatable bonds is 5. The number of likely N-dealkylation sites (N-methyl/N-ethyl adjacent to an activating group) is 1. The van der Waals surface area contributed by atoms with E-state index in [0.29, 0.717) is 13.0 Å². The van der Waals surface area contributed by atoms with Crippen LogP contribution in [0, 0.1) is 0 Å². The van der Waals surface area contributed by atoms with E-state index in [1.54, 1.807) is 4.90 Å². The number of hydrogen-bond donors (Lipinski definition) is 1. The Hall–Kier alpha value is -1.55. The van der Waals surface area contributed by atoms with Crippen molar-refractivity contribution in [3.05, 3.63) is 29.8 Å². The van der Waals surface area contributed by atoms with Gasteiger partial charge < -0.3 is 15.4 Å². The van der Waals surface area contributed by atoms with Gasteiger partial charge in [-0.1, -0.05) is 19.1 Å². The molecule has 0 aliphatic carbocycles. The molecule has 1 aliphatic rings. The lowest BCUT2D eigenvalue weighted by molar-refractivity contribution is -0.131. The number of ether oxygens (including phenoxy) is 1. The fraction of sp³-hybridized carbons (Fsp3) is 0.562. The van der Waals surface area contributed by atoms with Gasteiger partial charge in [0.15, 0.2) is 0 Å². The second-order valence-corrected chi connectivity index (χ2v) is 5.68. The van der Waals surface area contributed by atoms with Gasteiger partial charge in [0.1, 0.15) is 0 Å². The molecule has 0 saturated carbocycles. The molecular weight excluding hydrogens is 252 g/mol. The minimum Gasteiger partial charge on any atom is -0.399 e. The van der Waals surface area contributed by atoms with Crippen LogP contribution in [-0.4, -0.2) is 37.1 Å². The number of benzene rings is 1. The zero-order valence-corrected chi connectivity index (χ0v) is 12.3. The smallest absolute Gasteiger partial charge is 0.223 e. The first kappa shape index (κ1) is 14.9. The molecule has 110 valence electrons. The van der Waals surface area contributed by atoms with Crippen molar-refractivity contribution in [3.8, 4) is 0 Å². The predicted molar refractivity (Wildman–Crippen MR) is 80.5 cm³/mol. The Bertz CT molecular complexity index is 438. The highest BCUT2D eigenvalue weighted by Crippen LogP contribution is 2.21. The molecule has 4 nitrogen and oxygen atoms in total. The minimum absolute atomic E-state index is 0.171. The number of anilines is 1. The van der Waals surface area contributed by atoms with Gasteiger partial charge in [0.2, 0.25) is 5.91 Å². The van der Waals surface area contributed by atoms with Crippen LogP contribution in [0.2, 0.25) is 0 Å². The first-order chi connectivity index (χ1) is 9.56. The number of nitrogens with zero attached hydrogens (tertiary/aromatic N) is 1. The van der Waals surface area contributed by atoms with E-state index in [4.69, 9.17) is 10.5 Å². The SMILES string of the molecule is CC(CC(=O)N(C)CC1CCCO1)c1ccc(N)cc1. The van der Waals surface area contributed by atoms with E-state index in [2.05, 4.69) is 6.92 Å². The van der Waals surface area contributed by atoms with Crippen molar-refractivity contribution in [2.24, 2.45) is 0 Å². The number of carbonyl (C=O) groups is 1. The normalized spacial score (nSPS) is 19.8. The molecule has 2 rings (SSSR count). The zero-order chi connectivity index (χ0) is 14.5. The average molecular weight is 276 g/mol. The molecule has 2 N–H and O–H groups in total. The van der Waals surface area contributed by atoms with Crippen LogP contribution in [0.1, 0.15) is 37.7 Å². The molecule has 2 atom stereocenters. The van der Waals surface area contributed by atoms with E-state index in [-0.39, 0.29) is 17.9 Å². The van der Waals surface area contributed by atoms with E-state index in [1.165, 1.54) is 0 Å². The molecule has 2 unspecified atom stereocenters. The fourth-order valence-electron chi connectivity index (χ4n) is 2.56. The summed E-state index contributed by atoms with van der Waals surface area (Å²) in [5.41, 5.74) is 7.58. The third kappa shape index (κ3) is 3.97. The topological polar surface area (TPSA) is 55.6 Å². The van der Waals surface area contributed by atoms with E-state index >= 15 is 0 Å². The maximum Gasteiger partial charge on any atom is 0.223 e. The summed E-state index contributed by atoms with van der Waals surface area (Å²) in [5.74, 6) is 0.375. The molecule has 0 bridgehead atoms. The molecule has 1 fully saturated rings. The molecule has 0 spiro atoms. The molecule has 1 aromatic rings. The first-order valence-electron chi connectivity index (χ1n) is 7.27. The van der Waals surface area contributed by atoms with Crippen molar-refractivity contribution in [1.29, 1.82) is 0 Å². The highest BCUT2D eigenvalue weighted by atomic mass is 16.5. The first-order valence-corrected chi connectivity index (χ1v) is 7.27. The Morgan fingerprint density at radius 3 is 2.75 bits per heavy atom. The molecule has 0 radical (unpaired) electrons. The van der Waals surface area contributed by atoms with E-state index < -0.39 is 0 Å². The summed E-state index contributed by atoms with van der Waals surface area (Å²) in [7, 11) is 1.86. The second kappa shape index (κ2) is 6.75. The van der Waals surface area contributed by atoms with Crippen LogP contribution in [0.4, 0.5) is 5.69 Å². The van der Waals surface area contributed by atoms with Gasteiger partial charge in [0.05, 0.1) is 6.10 Å². The lowest BCUT2D eigenvalue weighted by Crippen LogP contribution is -2.34. The summed E-state index contributed by atoms with van der Waals surface area (Å²) in [6, 6.07) is 7.75. The molecule has 20 heavy (non-hydrogen) atoms. The van der Waals surface area contributed by atoms with Gasteiger partial charge in [-0.3, -0.25) is 4.79 Å². The van der Waals surface area contributed by atoms with Gasteiger partial charge in [-0.05, 0) is 36.5 Å². The van der Waals surface area contributed by atoms with Gasteiger partial charge in [0.25, 0.3) is 0 Å². The Labute approximate surface area is 120 Å². The number of nitrogens with two attached hydrogens (primary N) is 1. The van der Waals surface area contributed by atoms with Crippen molar-refractivity contribution in [1.82, 2.24) is 4.90 Å². The Balaban J connectivity index is 1.84. The third-order valence-electron chi connectivity index (χ3n) is 3.91. The van der Waals surface area contributed by atoms with Crippen molar-refractivity contribution in [3.63, 3.8) is 0 Å². The van der Waals surface area contributed by atoms with Crippen LogP contribution in [0.15, 0.2) is 24.3 Å². The van der Waals surface area contributed by atoms with Crippen molar-refractivity contribution in [2.45, 2.75) is 38.2 Å². The number of amides is 1. The Morgan fingerprint density at radius 2 is 2.15 bits per heavy atom. The van der Waals surface area contributed by atoms with Crippen LogP contribution >= 0.6 is 0 Å². The summed E-state index contributed by atoms with van der Waals surface area (Å²) in [6.45, 7) is 3.60. The molecule has 1 aliphatic heterocycles. The number of nitrogen functional groups attached to an aromatic ring is 1. The molecule has 1 amide bonds. The minimum atomic E-state index is 0.171. The van der Waals surface area contributed by atoms with Crippen molar-refractivity contribution >= 4 is 11.6 Å². The summed E-state index contributed by atoms with van der Waals surface area (Å²) < 4.78 is 5.57. The lowest BCUT2D eigenvalue weighted by atomic mass is 9.97. The summed E-state index contributed by atoms with van der Waals surface area (Å²) >= 11 is 0. The van der Waals surface area contributed by atoms with Gasteiger partial charge in [0, 0.05) is 32.3 Å². The Morgan fingerprint density at radius 1 is 1.45 bits per heavy atom. The van der Waals surface area contributed by atoms with Gasteiger partial charge in [-0.25, -0.2) is 0 Å². The predicted octanol–water partition coefficient (Wildman–Crippen LogP) is 2.40. The van der Waals surface area contributed by atoms with Crippen molar-refractivity contribution in [2.75, 3.05) is 25.9 Å². The maximum absolute atomic E-state index is 12.2. The fourth-order valence-corrected chi connectivity index (χ4v) is 2.56. The van der Waals surface area contributed by atoms with Crippen LogP contribution in [0.3, 0.4) is 0 Å². The molecule has 1 heterocycles. The quantitative estimate of drug-likeness (QED) is 0.840. The maximum atomic E-state index is 12.2. The van der Waals surface area contributed by atoms with Gasteiger partial charge >= 0.3 is 0 Å². The largest absolute Gasteiger partial charge is 0.399 e. The summed E-state index contributed by atoms with van der Waals surface area (Å²) in [4.78, 5) is 14.0. The van der Waals surface area contributed by atoms with Crippen LogP contribution in [-0.2, 0) is 9.53 Å². The monoisotopic (exact) mass is 276 g/mol. The summed E-state index contributed by atoms with van der Waals surface area (Å²) in [6.07, 6.45) is 2.91. The van der Waals surface area contributed by atoms with E-state index in [1.807, 2.05) is 31.3 Å². The highest BCUT2D eigenvalue weighted by molar-refractivity contribution is 5.76. The van der Waals surface area contributed by atoms with Gasteiger partial charge in [-0.2, -0.15) is 0 Å². The molecule has 0 aromatic heterocycles. The molecule has 4 heteroatoms. The zero-order valence-electron chi connectivity index (χ0n) is 12.3. The average Bonchev–Trinajstić information content (AvgIpc) is 2.92. The van der Waals surface area contributed by atoms with Crippen molar-refractivity contribution < 1.29 is 9.53 Å². The Kier molecular flexibility index (Phi) is 5.01. The molecular formula is C16H24N2O2. The number of carbonyl (C=O) groups excluding carboxylic acids is 1. The molecule has 1 aromatic carbocycles. The van der Waals surface area contributed by atoms with E-state index in [0.717, 1.165) is 30.7 Å². The third-order valence-corrected chi connectivity index (χ3v) is 3.91. The van der Waals surface area contributed by atoms with E-state index in [9.17, 15) is 4.79 Å². The standard InChI is InChI=1S/C16H24N2O2/c1-12(13-5-7-14(17)8-6-13)10-16(19)18(2)11-15-4-3-9-20-15/h5-8,12,15H,3-4,9-11,17H2,1-2H3. The highest BCUT2D eigenvalue weighted by Gasteiger charge is 2.21. The lowest BCUT2D eigenvalue weighted by Gasteiger charge is -2.22. The molecule has 1 saturated heterocycles. The van der Waals surface area contributed by atoms with Crippen LogP contribution < -0.4 is 5.73 Å². The second-order valence-electron chi connectivity index (χ2n) is 5.68. The number of hydrogen-bond acceptors (Lipinski definition) is 3. The van der Waals surface area contributed by atoms with Gasteiger partial charge in [-0.15, -0.1) is 0 Å². The summed E-state index contributed by atoms with van der Waals surface area (Å²) in [5, 5.41) is 0. The van der Waals surface area contributed by atoms with Crippen LogP contribution in [0.5, 0.6) is 0 Å².